The van der Waals surface area contributed by atoms with Crippen LogP contribution in [0.5, 0.6) is 5.75 Å². The van der Waals surface area contributed by atoms with Gasteiger partial charge in [0.05, 0.1) is 0 Å². The van der Waals surface area contributed by atoms with Crippen molar-refractivity contribution in [3.8, 4) is 5.75 Å². The predicted molar refractivity (Wildman–Crippen MR) is 112 cm³/mol. The fourth-order valence-corrected chi connectivity index (χ4v) is 5.68. The summed E-state index contributed by atoms with van der Waals surface area (Å²) in [6.45, 7) is 4.84. The first-order chi connectivity index (χ1) is 12.5. The SMILES string of the molecule is CC1CC2CC(C)/C(=C(\c3ccc(O)cc3)c3ccc(Br)cc3)C(C1)C2. The second-order valence-electron chi connectivity index (χ2n) is 8.40. The molecule has 0 heterocycles. The number of allylic oxidation sites excluding steroid dienone is 1. The summed E-state index contributed by atoms with van der Waals surface area (Å²) in [4.78, 5) is 0. The number of aromatic hydroxyl groups is 1. The largest absolute Gasteiger partial charge is 0.508 e. The molecule has 4 rings (SSSR count). The van der Waals surface area contributed by atoms with E-state index >= 15 is 0 Å². The molecule has 2 aliphatic carbocycles. The van der Waals surface area contributed by atoms with Crippen molar-refractivity contribution in [2.24, 2.45) is 23.7 Å². The van der Waals surface area contributed by atoms with Crippen LogP contribution < -0.4 is 0 Å². The molecule has 2 saturated carbocycles. The average molecular weight is 411 g/mol. The molecule has 0 saturated heterocycles. The van der Waals surface area contributed by atoms with Gasteiger partial charge in [-0.2, -0.15) is 0 Å². The van der Waals surface area contributed by atoms with Gasteiger partial charge in [0.2, 0.25) is 0 Å². The topological polar surface area (TPSA) is 20.2 Å². The summed E-state index contributed by atoms with van der Waals surface area (Å²) in [5.41, 5.74) is 5.55. The molecule has 1 N–H and O–H groups in total. The van der Waals surface area contributed by atoms with Gasteiger partial charge in [-0.3, -0.25) is 0 Å². The highest BCUT2D eigenvalue weighted by Gasteiger charge is 2.38. The number of halogens is 1. The van der Waals surface area contributed by atoms with Crippen molar-refractivity contribution in [1.29, 1.82) is 0 Å². The Morgan fingerprint density at radius 1 is 0.846 bits per heavy atom. The van der Waals surface area contributed by atoms with Gasteiger partial charge in [0.1, 0.15) is 5.75 Å². The van der Waals surface area contributed by atoms with Gasteiger partial charge in [0.15, 0.2) is 0 Å². The molecule has 26 heavy (non-hydrogen) atoms. The number of fused-ring (bicyclic) bond motifs is 2. The molecule has 4 unspecified atom stereocenters. The maximum absolute atomic E-state index is 9.76. The molecular formula is C24H27BrO. The molecule has 0 aromatic heterocycles. The van der Waals surface area contributed by atoms with E-state index in [1.165, 1.54) is 42.4 Å². The van der Waals surface area contributed by atoms with E-state index in [4.69, 9.17) is 0 Å². The number of phenolic OH excluding ortho intramolecular Hbond substituents is 1. The van der Waals surface area contributed by atoms with Crippen molar-refractivity contribution in [3.63, 3.8) is 0 Å². The minimum Gasteiger partial charge on any atom is -0.508 e. The first-order valence-electron chi connectivity index (χ1n) is 9.80. The van der Waals surface area contributed by atoms with Crippen LogP contribution in [-0.4, -0.2) is 5.11 Å². The van der Waals surface area contributed by atoms with E-state index in [0.717, 1.165) is 16.3 Å². The van der Waals surface area contributed by atoms with Crippen LogP contribution in [0.15, 0.2) is 58.6 Å². The summed E-state index contributed by atoms with van der Waals surface area (Å²) in [7, 11) is 0. The van der Waals surface area contributed by atoms with E-state index < -0.39 is 0 Å². The number of hydrogen-bond acceptors (Lipinski definition) is 1. The molecule has 2 fully saturated rings. The second-order valence-corrected chi connectivity index (χ2v) is 9.31. The summed E-state index contributed by atoms with van der Waals surface area (Å²) in [5.74, 6) is 3.37. The van der Waals surface area contributed by atoms with E-state index in [1.807, 2.05) is 12.1 Å². The lowest BCUT2D eigenvalue weighted by atomic mass is 9.61. The lowest BCUT2D eigenvalue weighted by Gasteiger charge is -2.44. The molecule has 4 atom stereocenters. The van der Waals surface area contributed by atoms with Gasteiger partial charge in [-0.05, 0) is 90.3 Å². The van der Waals surface area contributed by atoms with Crippen molar-refractivity contribution in [2.45, 2.75) is 39.5 Å². The summed E-state index contributed by atoms with van der Waals surface area (Å²) in [5, 5.41) is 9.76. The van der Waals surface area contributed by atoms with Crippen LogP contribution in [0.2, 0.25) is 0 Å². The molecule has 1 nitrogen and oxygen atoms in total. The third kappa shape index (κ3) is 3.49. The Balaban J connectivity index is 1.89. The molecule has 2 bridgehead atoms. The lowest BCUT2D eigenvalue weighted by molar-refractivity contribution is 0.163. The summed E-state index contributed by atoms with van der Waals surface area (Å²) < 4.78 is 1.11. The van der Waals surface area contributed by atoms with Crippen LogP contribution in [0.25, 0.3) is 5.57 Å². The van der Waals surface area contributed by atoms with Gasteiger partial charge >= 0.3 is 0 Å². The van der Waals surface area contributed by atoms with Gasteiger partial charge in [-0.15, -0.1) is 0 Å². The molecule has 2 heteroatoms. The van der Waals surface area contributed by atoms with Crippen LogP contribution >= 0.6 is 15.9 Å². The van der Waals surface area contributed by atoms with Gasteiger partial charge in [0.25, 0.3) is 0 Å². The van der Waals surface area contributed by atoms with E-state index in [2.05, 4.69) is 66.2 Å². The van der Waals surface area contributed by atoms with Gasteiger partial charge in [0, 0.05) is 4.47 Å². The van der Waals surface area contributed by atoms with Gasteiger partial charge in [-0.25, -0.2) is 0 Å². The molecule has 0 amide bonds. The zero-order valence-corrected chi connectivity index (χ0v) is 17.2. The summed E-state index contributed by atoms with van der Waals surface area (Å²) in [6.07, 6.45) is 5.38. The lowest BCUT2D eigenvalue weighted by Crippen LogP contribution is -2.32. The highest BCUT2D eigenvalue weighted by molar-refractivity contribution is 9.10. The monoisotopic (exact) mass is 410 g/mol. The van der Waals surface area contributed by atoms with Crippen LogP contribution in [-0.2, 0) is 0 Å². The fraction of sp³-hybridized carbons (Fsp3) is 0.417. The number of rotatable bonds is 2. The van der Waals surface area contributed by atoms with E-state index in [-0.39, 0.29) is 0 Å². The van der Waals surface area contributed by atoms with Crippen LogP contribution in [0.1, 0.15) is 50.7 Å². The summed E-state index contributed by atoms with van der Waals surface area (Å²) >= 11 is 3.57. The second kappa shape index (κ2) is 7.23. The Bertz CT molecular complexity index is 752. The van der Waals surface area contributed by atoms with Crippen molar-refractivity contribution in [3.05, 3.63) is 69.7 Å². The van der Waals surface area contributed by atoms with E-state index in [1.54, 1.807) is 5.57 Å². The molecular weight excluding hydrogens is 384 g/mol. The van der Waals surface area contributed by atoms with Crippen LogP contribution in [0.3, 0.4) is 0 Å². The predicted octanol–water partition coefficient (Wildman–Crippen LogP) is 7.05. The van der Waals surface area contributed by atoms with E-state index in [9.17, 15) is 5.11 Å². The third-order valence-corrected chi connectivity index (χ3v) is 6.80. The summed E-state index contributed by atoms with van der Waals surface area (Å²) in [6, 6.07) is 16.5. The maximum Gasteiger partial charge on any atom is 0.115 e. The Morgan fingerprint density at radius 3 is 2.12 bits per heavy atom. The van der Waals surface area contributed by atoms with Crippen molar-refractivity contribution in [1.82, 2.24) is 0 Å². The Labute approximate surface area is 165 Å². The van der Waals surface area contributed by atoms with Crippen molar-refractivity contribution < 1.29 is 5.11 Å². The number of hydrogen-bond donors (Lipinski definition) is 1. The average Bonchev–Trinajstić information content (AvgIpc) is 2.60. The van der Waals surface area contributed by atoms with Gasteiger partial charge < -0.3 is 5.11 Å². The van der Waals surface area contributed by atoms with Gasteiger partial charge in [-0.1, -0.05) is 59.6 Å². The van der Waals surface area contributed by atoms with Crippen molar-refractivity contribution in [2.75, 3.05) is 0 Å². The normalized spacial score (nSPS) is 30.1. The Hall–Kier alpha value is -1.54. The van der Waals surface area contributed by atoms with E-state index in [0.29, 0.717) is 17.6 Å². The fourth-order valence-electron chi connectivity index (χ4n) is 5.42. The Kier molecular flexibility index (Phi) is 4.96. The molecule has 136 valence electrons. The molecule has 0 aliphatic heterocycles. The standard InChI is InChI=1S/C24H27BrO/c1-15-11-17-13-16(2)23(20(12-15)14-17)24(18-3-7-21(25)8-4-18)19-5-9-22(26)10-6-19/h3-10,15-17,20,26H,11-14H2,1-2H3/b24-23+. The minimum absolute atomic E-state index is 0.331. The van der Waals surface area contributed by atoms with Crippen molar-refractivity contribution >= 4 is 21.5 Å². The zero-order valence-electron chi connectivity index (χ0n) is 15.6. The zero-order chi connectivity index (χ0) is 18.3. The quantitative estimate of drug-likeness (QED) is 0.561. The molecule has 2 aromatic carbocycles. The van der Waals surface area contributed by atoms with Crippen LogP contribution in [0.4, 0.5) is 0 Å². The number of benzene rings is 2. The first kappa shape index (κ1) is 17.9. The number of phenols is 1. The first-order valence-corrected chi connectivity index (χ1v) is 10.6. The third-order valence-electron chi connectivity index (χ3n) is 6.28. The molecule has 2 aromatic rings. The maximum atomic E-state index is 9.76. The smallest absolute Gasteiger partial charge is 0.115 e. The minimum atomic E-state index is 0.331. The molecule has 0 spiro atoms. The molecule has 2 aliphatic rings. The van der Waals surface area contributed by atoms with Crippen LogP contribution in [0, 0.1) is 23.7 Å². The highest BCUT2D eigenvalue weighted by Crippen LogP contribution is 2.51. The molecule has 0 radical (unpaired) electrons. The Morgan fingerprint density at radius 2 is 1.46 bits per heavy atom. The highest BCUT2D eigenvalue weighted by atomic mass is 79.9.